The van der Waals surface area contributed by atoms with E-state index in [4.69, 9.17) is 4.74 Å². The van der Waals surface area contributed by atoms with Gasteiger partial charge >= 0.3 is 5.97 Å². The Kier molecular flexibility index (Phi) is 6.89. The van der Waals surface area contributed by atoms with Gasteiger partial charge in [0.05, 0.1) is 11.1 Å². The fourth-order valence-electron chi connectivity index (χ4n) is 2.78. The van der Waals surface area contributed by atoms with E-state index in [1.165, 1.54) is 16.7 Å². The molecule has 0 saturated heterocycles. The summed E-state index contributed by atoms with van der Waals surface area (Å²) >= 11 is 1.31. The average molecular weight is 417 g/mol. The zero-order valence-electron chi connectivity index (χ0n) is 16.6. The first-order valence-corrected chi connectivity index (χ1v) is 10.1. The lowest BCUT2D eigenvalue weighted by Gasteiger charge is -2.21. The molecule has 0 saturated carbocycles. The molecule has 0 aliphatic carbocycles. The standard InChI is InChI=1S/C24H20N2O3S/c1-26(2)23(27)22(17-10-4-3-5-11-17)29-24(28)19-13-7-9-15-21(19)30-20-14-8-6-12-18(20)16-25/h3-15,22H,1-2H3/t22-/m1/s1. The highest BCUT2D eigenvalue weighted by Gasteiger charge is 2.28. The number of benzene rings is 3. The molecule has 30 heavy (non-hydrogen) atoms. The van der Waals surface area contributed by atoms with Crippen LogP contribution in [-0.4, -0.2) is 30.9 Å². The van der Waals surface area contributed by atoms with E-state index in [9.17, 15) is 14.9 Å². The van der Waals surface area contributed by atoms with Crippen molar-refractivity contribution in [3.05, 3.63) is 95.6 Å². The van der Waals surface area contributed by atoms with Gasteiger partial charge in [-0.3, -0.25) is 4.79 Å². The van der Waals surface area contributed by atoms with Crippen LogP contribution in [0, 0.1) is 11.3 Å². The third-order valence-electron chi connectivity index (χ3n) is 4.33. The van der Waals surface area contributed by atoms with Crippen molar-refractivity contribution in [2.24, 2.45) is 0 Å². The Morgan fingerprint density at radius 2 is 1.50 bits per heavy atom. The summed E-state index contributed by atoms with van der Waals surface area (Å²) in [5.74, 6) is -0.925. The van der Waals surface area contributed by atoms with E-state index in [0.29, 0.717) is 21.6 Å². The van der Waals surface area contributed by atoms with Crippen LogP contribution in [0.25, 0.3) is 0 Å². The summed E-state index contributed by atoms with van der Waals surface area (Å²) < 4.78 is 5.67. The van der Waals surface area contributed by atoms with Crippen molar-refractivity contribution in [3.8, 4) is 6.07 Å². The Bertz CT molecular complexity index is 1090. The number of nitriles is 1. The number of amides is 1. The van der Waals surface area contributed by atoms with Crippen molar-refractivity contribution in [2.45, 2.75) is 15.9 Å². The molecule has 1 amide bonds. The van der Waals surface area contributed by atoms with Crippen LogP contribution < -0.4 is 0 Å². The average Bonchev–Trinajstić information content (AvgIpc) is 2.78. The quantitative estimate of drug-likeness (QED) is 0.545. The van der Waals surface area contributed by atoms with E-state index in [1.54, 1.807) is 68.7 Å². The van der Waals surface area contributed by atoms with Gasteiger partial charge in [-0.05, 0) is 24.3 Å². The Morgan fingerprint density at radius 1 is 0.900 bits per heavy atom. The molecule has 0 aromatic heterocycles. The summed E-state index contributed by atoms with van der Waals surface area (Å²) in [6, 6.07) is 25.3. The smallest absolute Gasteiger partial charge is 0.340 e. The molecular weight excluding hydrogens is 396 g/mol. The van der Waals surface area contributed by atoms with Gasteiger partial charge in [0.2, 0.25) is 6.10 Å². The van der Waals surface area contributed by atoms with Crippen LogP contribution in [0.15, 0.2) is 88.7 Å². The zero-order valence-corrected chi connectivity index (χ0v) is 17.4. The molecule has 0 spiro atoms. The number of rotatable bonds is 6. The first-order chi connectivity index (χ1) is 14.5. The SMILES string of the molecule is CN(C)C(=O)[C@H](OC(=O)c1ccccc1Sc1ccccc1C#N)c1ccccc1. The molecule has 0 unspecified atom stereocenters. The number of likely N-dealkylation sites (N-methyl/N-ethyl adjacent to an activating group) is 1. The van der Waals surface area contributed by atoms with Crippen LogP contribution in [0.1, 0.15) is 27.6 Å². The highest BCUT2D eigenvalue weighted by molar-refractivity contribution is 7.99. The van der Waals surface area contributed by atoms with Crippen LogP contribution in [-0.2, 0) is 9.53 Å². The van der Waals surface area contributed by atoms with Gasteiger partial charge in [0.1, 0.15) is 6.07 Å². The predicted octanol–water partition coefficient (Wildman–Crippen LogP) is 4.70. The Balaban J connectivity index is 1.91. The predicted molar refractivity (Wildman–Crippen MR) is 115 cm³/mol. The van der Waals surface area contributed by atoms with Crippen molar-refractivity contribution >= 4 is 23.6 Å². The van der Waals surface area contributed by atoms with Gasteiger partial charge in [-0.15, -0.1) is 0 Å². The van der Waals surface area contributed by atoms with Crippen LogP contribution in [0.5, 0.6) is 0 Å². The highest BCUT2D eigenvalue weighted by Crippen LogP contribution is 2.33. The van der Waals surface area contributed by atoms with Gasteiger partial charge in [0, 0.05) is 29.4 Å². The maximum atomic E-state index is 13.0. The molecule has 5 nitrogen and oxygen atoms in total. The molecule has 0 bridgehead atoms. The van der Waals surface area contributed by atoms with E-state index < -0.39 is 12.1 Å². The van der Waals surface area contributed by atoms with Gasteiger partial charge in [-0.25, -0.2) is 4.79 Å². The summed E-state index contributed by atoms with van der Waals surface area (Å²) in [5, 5.41) is 9.34. The van der Waals surface area contributed by atoms with E-state index in [0.717, 1.165) is 4.90 Å². The minimum Gasteiger partial charge on any atom is -0.444 e. The minimum absolute atomic E-state index is 0.325. The second-order valence-corrected chi connectivity index (χ2v) is 7.72. The lowest BCUT2D eigenvalue weighted by atomic mass is 10.1. The first-order valence-electron chi connectivity index (χ1n) is 9.24. The molecule has 1 atom stereocenters. The third-order valence-corrected chi connectivity index (χ3v) is 5.48. The van der Waals surface area contributed by atoms with Gasteiger partial charge in [-0.1, -0.05) is 66.4 Å². The lowest BCUT2D eigenvalue weighted by Crippen LogP contribution is -2.31. The summed E-state index contributed by atoms with van der Waals surface area (Å²) in [6.45, 7) is 0. The number of hydrogen-bond acceptors (Lipinski definition) is 5. The number of esters is 1. The van der Waals surface area contributed by atoms with E-state index in [1.807, 2.05) is 24.3 Å². The van der Waals surface area contributed by atoms with Gasteiger partial charge in [0.25, 0.3) is 5.91 Å². The summed E-state index contributed by atoms with van der Waals surface area (Å²) in [6.07, 6.45) is -1.04. The maximum absolute atomic E-state index is 13.0. The topological polar surface area (TPSA) is 70.4 Å². The van der Waals surface area contributed by atoms with E-state index in [-0.39, 0.29) is 5.91 Å². The summed E-state index contributed by atoms with van der Waals surface area (Å²) in [4.78, 5) is 28.5. The number of carbonyl (C=O) groups excluding carboxylic acids is 2. The molecule has 0 N–H and O–H groups in total. The molecule has 0 radical (unpaired) electrons. The number of ether oxygens (including phenoxy) is 1. The molecule has 150 valence electrons. The van der Waals surface area contributed by atoms with Crippen molar-refractivity contribution in [1.29, 1.82) is 5.26 Å². The Morgan fingerprint density at radius 3 is 2.17 bits per heavy atom. The summed E-state index contributed by atoms with van der Waals surface area (Å²) in [5.41, 5.74) is 1.46. The lowest BCUT2D eigenvalue weighted by molar-refractivity contribution is -0.138. The van der Waals surface area contributed by atoms with Crippen molar-refractivity contribution < 1.29 is 14.3 Å². The highest BCUT2D eigenvalue weighted by atomic mass is 32.2. The van der Waals surface area contributed by atoms with Gasteiger partial charge in [0.15, 0.2) is 0 Å². The van der Waals surface area contributed by atoms with Crippen molar-refractivity contribution in [3.63, 3.8) is 0 Å². The molecule has 6 heteroatoms. The monoisotopic (exact) mass is 416 g/mol. The molecule has 0 aliphatic rings. The second kappa shape index (κ2) is 9.77. The Labute approximate surface area is 179 Å². The normalized spacial score (nSPS) is 11.2. The molecule has 3 rings (SSSR count). The van der Waals surface area contributed by atoms with Crippen LogP contribution in [0.4, 0.5) is 0 Å². The van der Waals surface area contributed by atoms with Crippen LogP contribution >= 0.6 is 11.8 Å². The Hall–Kier alpha value is -3.56. The summed E-state index contributed by atoms with van der Waals surface area (Å²) in [7, 11) is 3.24. The van der Waals surface area contributed by atoms with Gasteiger partial charge in [-0.2, -0.15) is 5.26 Å². The minimum atomic E-state index is -1.04. The van der Waals surface area contributed by atoms with Crippen molar-refractivity contribution in [2.75, 3.05) is 14.1 Å². The molecule has 0 fully saturated rings. The third kappa shape index (κ3) is 4.88. The fourth-order valence-corrected chi connectivity index (χ4v) is 3.80. The van der Waals surface area contributed by atoms with Crippen LogP contribution in [0.2, 0.25) is 0 Å². The largest absolute Gasteiger partial charge is 0.444 e. The van der Waals surface area contributed by atoms with Crippen LogP contribution in [0.3, 0.4) is 0 Å². The molecule has 3 aromatic carbocycles. The second-order valence-electron chi connectivity index (χ2n) is 6.63. The zero-order chi connectivity index (χ0) is 21.5. The van der Waals surface area contributed by atoms with E-state index in [2.05, 4.69) is 6.07 Å². The molecule has 0 aliphatic heterocycles. The molecule has 0 heterocycles. The first kappa shape index (κ1) is 21.2. The van der Waals surface area contributed by atoms with E-state index >= 15 is 0 Å². The maximum Gasteiger partial charge on any atom is 0.340 e. The molecular formula is C24H20N2O3S. The number of carbonyl (C=O) groups is 2. The van der Waals surface area contributed by atoms with Gasteiger partial charge < -0.3 is 9.64 Å². The fraction of sp³-hybridized carbons (Fsp3) is 0.125. The number of hydrogen-bond donors (Lipinski definition) is 0. The van der Waals surface area contributed by atoms with Crippen molar-refractivity contribution in [1.82, 2.24) is 4.90 Å². The number of nitrogens with zero attached hydrogens (tertiary/aromatic N) is 2. The molecule has 3 aromatic rings.